The Morgan fingerprint density at radius 1 is 1.12 bits per heavy atom. The first kappa shape index (κ1) is 17.2. The van der Waals surface area contributed by atoms with Gasteiger partial charge in [-0.15, -0.1) is 10.2 Å². The Balaban J connectivity index is 1.78. The van der Waals surface area contributed by atoms with Gasteiger partial charge in [-0.3, -0.25) is 9.36 Å². The van der Waals surface area contributed by atoms with Crippen molar-refractivity contribution in [1.82, 2.24) is 14.8 Å². The van der Waals surface area contributed by atoms with Crippen LogP contribution in [0.4, 0.5) is 0 Å². The number of carbonyl (C=O) groups is 1. The molecular weight excluding hydrogens is 334 g/mol. The van der Waals surface area contributed by atoms with Gasteiger partial charge in [0.1, 0.15) is 12.1 Å². The normalized spacial score (nSPS) is 12.0. The van der Waals surface area contributed by atoms with E-state index in [0.717, 1.165) is 17.0 Å². The van der Waals surface area contributed by atoms with E-state index >= 15 is 0 Å². The lowest BCUT2D eigenvalue weighted by Crippen LogP contribution is -2.14. The first-order chi connectivity index (χ1) is 12.1. The Hall–Kier alpha value is -2.60. The third kappa shape index (κ3) is 3.91. The summed E-state index contributed by atoms with van der Waals surface area (Å²) in [7, 11) is 1.63. The first-order valence-corrected chi connectivity index (χ1v) is 8.78. The number of aryl methyl sites for hydroxylation is 1. The number of nitrogens with zero attached hydrogens (tertiary/aromatic N) is 3. The molecule has 5 nitrogen and oxygen atoms in total. The molecule has 0 saturated carbocycles. The molecule has 0 saturated heterocycles. The number of benzene rings is 2. The van der Waals surface area contributed by atoms with Crippen molar-refractivity contribution in [2.45, 2.75) is 24.3 Å². The maximum Gasteiger partial charge on any atom is 0.196 e. The minimum absolute atomic E-state index is 0.0780. The van der Waals surface area contributed by atoms with Crippen LogP contribution in [0.1, 0.15) is 22.8 Å². The van der Waals surface area contributed by atoms with Gasteiger partial charge in [-0.1, -0.05) is 41.6 Å². The van der Waals surface area contributed by atoms with Crippen molar-refractivity contribution in [2.24, 2.45) is 0 Å². The Kier molecular flexibility index (Phi) is 5.19. The molecular formula is C19H19N3O2S. The van der Waals surface area contributed by atoms with Gasteiger partial charge < -0.3 is 4.74 Å². The van der Waals surface area contributed by atoms with Crippen molar-refractivity contribution in [3.05, 3.63) is 66.0 Å². The molecule has 0 fully saturated rings. The largest absolute Gasteiger partial charge is 0.497 e. The number of ether oxygens (including phenoxy) is 1. The number of Topliss-reactive ketones (excluding diaryl/α,β-unsaturated/α-hetero) is 1. The molecule has 6 heteroatoms. The highest BCUT2D eigenvalue weighted by molar-refractivity contribution is 8.00. The fraction of sp³-hybridized carbons (Fsp3) is 0.211. The fourth-order valence-electron chi connectivity index (χ4n) is 2.39. The van der Waals surface area contributed by atoms with E-state index in [1.54, 1.807) is 13.4 Å². The van der Waals surface area contributed by atoms with E-state index in [0.29, 0.717) is 10.7 Å². The summed E-state index contributed by atoms with van der Waals surface area (Å²) in [6.45, 7) is 3.89. The quantitative estimate of drug-likeness (QED) is 0.496. The molecule has 0 aliphatic heterocycles. The molecule has 0 bridgehead atoms. The molecule has 2 aromatic carbocycles. The second-order valence-electron chi connectivity index (χ2n) is 5.67. The van der Waals surface area contributed by atoms with Crippen LogP contribution in [0.5, 0.6) is 5.75 Å². The summed E-state index contributed by atoms with van der Waals surface area (Å²) in [4.78, 5) is 12.6. The number of hydrogen-bond donors (Lipinski definition) is 0. The zero-order valence-corrected chi connectivity index (χ0v) is 15.2. The summed E-state index contributed by atoms with van der Waals surface area (Å²) in [6, 6.07) is 15.2. The van der Waals surface area contributed by atoms with Gasteiger partial charge in [0, 0.05) is 11.3 Å². The molecule has 0 amide bonds. The van der Waals surface area contributed by atoms with E-state index in [4.69, 9.17) is 4.74 Å². The van der Waals surface area contributed by atoms with Crippen molar-refractivity contribution in [2.75, 3.05) is 7.11 Å². The van der Waals surface area contributed by atoms with Crippen LogP contribution in [0.25, 0.3) is 5.69 Å². The molecule has 0 spiro atoms. The number of methoxy groups -OCH3 is 1. The lowest BCUT2D eigenvalue weighted by molar-refractivity contribution is 0.0994. The van der Waals surface area contributed by atoms with Crippen LogP contribution >= 0.6 is 11.8 Å². The Morgan fingerprint density at radius 2 is 1.80 bits per heavy atom. The van der Waals surface area contributed by atoms with Crippen molar-refractivity contribution < 1.29 is 9.53 Å². The topological polar surface area (TPSA) is 57.0 Å². The maximum absolute atomic E-state index is 12.6. The van der Waals surface area contributed by atoms with Gasteiger partial charge in [0.15, 0.2) is 10.9 Å². The molecule has 1 atom stereocenters. The average Bonchev–Trinajstić information content (AvgIpc) is 3.10. The van der Waals surface area contributed by atoms with E-state index in [9.17, 15) is 4.79 Å². The molecule has 0 N–H and O–H groups in total. The summed E-state index contributed by atoms with van der Waals surface area (Å²) in [5.74, 6) is 0.864. The molecule has 3 aromatic rings. The highest BCUT2D eigenvalue weighted by Gasteiger charge is 2.19. The monoisotopic (exact) mass is 353 g/mol. The molecule has 1 heterocycles. The number of thioether (sulfide) groups is 1. The zero-order chi connectivity index (χ0) is 17.8. The van der Waals surface area contributed by atoms with E-state index < -0.39 is 0 Å². The SMILES string of the molecule is COc1ccc(-n2cnnc2S[C@@H](C)C(=O)c2ccc(C)cc2)cc1. The van der Waals surface area contributed by atoms with E-state index in [1.807, 2.05) is 66.9 Å². The summed E-state index contributed by atoms with van der Waals surface area (Å²) in [6.07, 6.45) is 1.65. The molecule has 3 rings (SSSR count). The maximum atomic E-state index is 12.6. The Morgan fingerprint density at radius 3 is 2.44 bits per heavy atom. The second-order valence-corrected chi connectivity index (χ2v) is 6.98. The minimum atomic E-state index is -0.260. The summed E-state index contributed by atoms with van der Waals surface area (Å²) < 4.78 is 7.04. The van der Waals surface area contributed by atoms with Gasteiger partial charge in [-0.2, -0.15) is 0 Å². The molecule has 0 aliphatic carbocycles. The van der Waals surface area contributed by atoms with Crippen molar-refractivity contribution in [3.8, 4) is 11.4 Å². The standard InChI is InChI=1S/C19H19N3O2S/c1-13-4-6-15(7-5-13)18(23)14(2)25-19-21-20-12-22(19)16-8-10-17(24-3)11-9-16/h4-12,14H,1-3H3/t14-/m0/s1. The van der Waals surface area contributed by atoms with Crippen molar-refractivity contribution in [1.29, 1.82) is 0 Å². The van der Waals surface area contributed by atoms with Crippen molar-refractivity contribution in [3.63, 3.8) is 0 Å². The van der Waals surface area contributed by atoms with Gasteiger partial charge >= 0.3 is 0 Å². The highest BCUT2D eigenvalue weighted by Crippen LogP contribution is 2.26. The third-order valence-electron chi connectivity index (χ3n) is 3.85. The minimum Gasteiger partial charge on any atom is -0.497 e. The van der Waals surface area contributed by atoms with Gasteiger partial charge in [-0.05, 0) is 38.1 Å². The Labute approximate surface area is 151 Å². The Bertz CT molecular complexity index is 857. The number of hydrogen-bond acceptors (Lipinski definition) is 5. The predicted molar refractivity (Wildman–Crippen MR) is 98.7 cm³/mol. The zero-order valence-electron chi connectivity index (χ0n) is 14.3. The van der Waals surface area contributed by atoms with Crippen LogP contribution < -0.4 is 4.74 Å². The summed E-state index contributed by atoms with van der Waals surface area (Å²) in [5, 5.41) is 8.56. The molecule has 128 valence electrons. The third-order valence-corrected chi connectivity index (χ3v) is 4.91. The van der Waals surface area contributed by atoms with Gasteiger partial charge in [0.05, 0.1) is 12.4 Å². The average molecular weight is 353 g/mol. The van der Waals surface area contributed by atoms with E-state index in [1.165, 1.54) is 11.8 Å². The highest BCUT2D eigenvalue weighted by atomic mass is 32.2. The molecule has 0 aliphatic rings. The summed E-state index contributed by atoms with van der Waals surface area (Å²) >= 11 is 1.40. The number of rotatable bonds is 6. The molecule has 0 unspecified atom stereocenters. The van der Waals surface area contributed by atoms with Crippen LogP contribution in [0.3, 0.4) is 0 Å². The number of carbonyl (C=O) groups excluding carboxylic acids is 1. The first-order valence-electron chi connectivity index (χ1n) is 7.90. The molecule has 25 heavy (non-hydrogen) atoms. The molecule has 0 radical (unpaired) electrons. The number of ketones is 1. The van der Waals surface area contributed by atoms with Crippen molar-refractivity contribution >= 4 is 17.5 Å². The molecule has 1 aromatic heterocycles. The van der Waals surface area contributed by atoms with E-state index in [2.05, 4.69) is 10.2 Å². The fourth-order valence-corrected chi connectivity index (χ4v) is 3.31. The van der Waals surface area contributed by atoms with Crippen LogP contribution in [-0.4, -0.2) is 32.9 Å². The van der Waals surface area contributed by atoms with Crippen LogP contribution in [0.2, 0.25) is 0 Å². The number of aromatic nitrogens is 3. The smallest absolute Gasteiger partial charge is 0.196 e. The van der Waals surface area contributed by atoms with Crippen LogP contribution in [0.15, 0.2) is 60.0 Å². The van der Waals surface area contributed by atoms with Crippen LogP contribution in [0, 0.1) is 6.92 Å². The predicted octanol–water partition coefficient (Wildman–Crippen LogP) is 3.95. The van der Waals surface area contributed by atoms with Gasteiger partial charge in [0.25, 0.3) is 0 Å². The summed E-state index contributed by atoms with van der Waals surface area (Å²) in [5.41, 5.74) is 2.76. The van der Waals surface area contributed by atoms with E-state index in [-0.39, 0.29) is 11.0 Å². The lowest BCUT2D eigenvalue weighted by Gasteiger charge is -2.11. The van der Waals surface area contributed by atoms with Crippen LogP contribution in [-0.2, 0) is 0 Å². The lowest BCUT2D eigenvalue weighted by atomic mass is 10.1. The van der Waals surface area contributed by atoms with Gasteiger partial charge in [-0.25, -0.2) is 0 Å². The second kappa shape index (κ2) is 7.53. The van der Waals surface area contributed by atoms with Gasteiger partial charge in [0.2, 0.25) is 0 Å².